The lowest BCUT2D eigenvalue weighted by Crippen LogP contribution is -2.02. The Morgan fingerprint density at radius 2 is 0.348 bits per heavy atom. The second kappa shape index (κ2) is 44.4. The van der Waals surface area contributed by atoms with Crippen LogP contribution >= 0.6 is 0 Å². The molecule has 7 heteroatoms. The molecule has 0 spiro atoms. The number of unbranched alkanes of at least 4 members (excludes halogenated alkanes) is 19. The summed E-state index contributed by atoms with van der Waals surface area (Å²) >= 11 is 0. The van der Waals surface area contributed by atoms with Crippen molar-refractivity contribution < 1.29 is 33.4 Å². The number of hydrogen-bond donors (Lipinski definition) is 0. The zero-order chi connectivity index (χ0) is 66.0. The van der Waals surface area contributed by atoms with Gasteiger partial charge in [-0.3, -0.25) is 19.2 Å². The van der Waals surface area contributed by atoms with Crippen molar-refractivity contribution in [2.75, 3.05) is 19.8 Å². The van der Waals surface area contributed by atoms with Crippen LogP contribution in [-0.4, -0.2) is 43.0 Å². The molecular formula is C85H106O7. The molecule has 0 fully saturated rings. The van der Waals surface area contributed by atoms with Gasteiger partial charge in [0.1, 0.15) is 17.2 Å². The van der Waals surface area contributed by atoms with Crippen LogP contribution < -0.4 is 14.2 Å². The van der Waals surface area contributed by atoms with Crippen molar-refractivity contribution in [2.24, 2.45) is 0 Å². The standard InChI is InChI=1S/C26H36O2.C24H32O2.C20H24O2.C15H14O/c1-3-4-5-6-7-8-9-10-11-12-21-28-25-19-17-24(18-20-25)26(27)23-15-13-22(2)14-16-23;1-3-4-5-6-7-8-9-10-19-26-23-17-15-22(16-18-23)24(25)21-13-11-20(2)12-14-21;1-3-4-5-6-15-22-19-13-11-18(12-14-19)20(21)17-9-7-16(2)8-10-17;1-11-3-7-13(8-4-11)15(16)14-9-5-12(2)6-10-14/h13-20H,3-12,21H2,1-2H3;11-18H,3-10,19H2,1-2H3;7-14H,3-6,15H2,1-2H3;3-10H,1-2H3. The van der Waals surface area contributed by atoms with E-state index in [9.17, 15) is 19.2 Å². The predicted octanol–water partition coefficient (Wildman–Crippen LogP) is 23.0. The molecule has 488 valence electrons. The van der Waals surface area contributed by atoms with Crippen molar-refractivity contribution in [1.29, 1.82) is 0 Å². The van der Waals surface area contributed by atoms with E-state index in [2.05, 4.69) is 20.8 Å². The second-order valence-electron chi connectivity index (χ2n) is 24.5. The van der Waals surface area contributed by atoms with Gasteiger partial charge in [-0.1, -0.05) is 292 Å². The van der Waals surface area contributed by atoms with Crippen LogP contribution in [0.5, 0.6) is 17.2 Å². The van der Waals surface area contributed by atoms with Gasteiger partial charge in [-0.25, -0.2) is 0 Å². The fourth-order valence-corrected chi connectivity index (χ4v) is 10.2. The largest absolute Gasteiger partial charge is 0.494 e. The summed E-state index contributed by atoms with van der Waals surface area (Å²) in [5.74, 6) is 2.76. The van der Waals surface area contributed by atoms with Gasteiger partial charge in [-0.15, -0.1) is 0 Å². The maximum Gasteiger partial charge on any atom is 0.193 e. The molecule has 0 aliphatic heterocycles. The van der Waals surface area contributed by atoms with Crippen LogP contribution in [-0.2, 0) is 0 Å². The summed E-state index contributed by atoms with van der Waals surface area (Å²) in [6.07, 6.45) is 28.4. The normalized spacial score (nSPS) is 10.6. The van der Waals surface area contributed by atoms with Crippen molar-refractivity contribution in [3.8, 4) is 17.2 Å². The number of hydrogen-bond acceptors (Lipinski definition) is 7. The maximum atomic E-state index is 12.5. The van der Waals surface area contributed by atoms with E-state index in [4.69, 9.17) is 14.2 Å². The van der Waals surface area contributed by atoms with E-state index in [1.807, 2.05) is 229 Å². The SMILES string of the molecule is CCCCCCCCCCCCOc1ccc(C(=O)c2ccc(C)cc2)cc1.CCCCCCCCCCOc1ccc(C(=O)c2ccc(C)cc2)cc1.CCCCCCOc1ccc(C(=O)c2ccc(C)cc2)cc1.Cc1ccc(C(=O)c2ccc(C)cc2)cc1. The minimum absolute atomic E-state index is 0.0505. The van der Waals surface area contributed by atoms with Gasteiger partial charge in [0.25, 0.3) is 0 Å². The Morgan fingerprint density at radius 1 is 0.207 bits per heavy atom. The van der Waals surface area contributed by atoms with E-state index in [-0.39, 0.29) is 23.1 Å². The number of carbonyl (C=O) groups excluding carboxylic acids is 4. The van der Waals surface area contributed by atoms with Crippen LogP contribution in [0.15, 0.2) is 194 Å². The summed E-state index contributed by atoms with van der Waals surface area (Å²) in [5, 5.41) is 0. The average Bonchev–Trinajstić information content (AvgIpc) is 1.08. The third kappa shape index (κ3) is 29.4. The second-order valence-corrected chi connectivity index (χ2v) is 24.5. The van der Waals surface area contributed by atoms with Crippen molar-refractivity contribution in [3.63, 3.8) is 0 Å². The van der Waals surface area contributed by atoms with Crippen molar-refractivity contribution in [2.45, 2.75) is 197 Å². The molecule has 7 nitrogen and oxygen atoms in total. The highest BCUT2D eigenvalue weighted by molar-refractivity contribution is 6.10. The highest BCUT2D eigenvalue weighted by Crippen LogP contribution is 2.21. The number of carbonyl (C=O) groups is 4. The fraction of sp³-hybridized carbons (Fsp3) is 0.388. The minimum atomic E-state index is 0.0505. The number of benzene rings is 8. The highest BCUT2D eigenvalue weighted by atomic mass is 16.5. The quantitative estimate of drug-likeness (QED) is 0.0285. The van der Waals surface area contributed by atoms with Crippen LogP contribution in [0.2, 0.25) is 0 Å². The smallest absolute Gasteiger partial charge is 0.193 e. The van der Waals surface area contributed by atoms with Gasteiger partial charge in [-0.2, -0.15) is 0 Å². The predicted molar refractivity (Wildman–Crippen MR) is 384 cm³/mol. The van der Waals surface area contributed by atoms with Gasteiger partial charge in [0.15, 0.2) is 23.1 Å². The molecular weight excluding hydrogens is 1130 g/mol. The molecule has 0 amide bonds. The molecule has 0 atom stereocenters. The van der Waals surface area contributed by atoms with Crippen LogP contribution in [0, 0.1) is 34.6 Å². The first kappa shape index (κ1) is 74.6. The molecule has 8 rings (SSSR count). The zero-order valence-corrected chi connectivity index (χ0v) is 57.0. The van der Waals surface area contributed by atoms with Gasteiger partial charge in [0.05, 0.1) is 19.8 Å². The summed E-state index contributed by atoms with van der Waals surface area (Å²) in [6.45, 7) is 19.0. The number of aryl methyl sites for hydroxylation is 5. The lowest BCUT2D eigenvalue weighted by atomic mass is 10.0. The number of rotatable bonds is 36. The molecule has 8 aromatic rings. The summed E-state index contributed by atoms with van der Waals surface area (Å²) in [5.41, 5.74) is 11.6. The van der Waals surface area contributed by atoms with Crippen molar-refractivity contribution >= 4 is 23.1 Å². The fourth-order valence-electron chi connectivity index (χ4n) is 10.2. The lowest BCUT2D eigenvalue weighted by Gasteiger charge is -2.07. The van der Waals surface area contributed by atoms with Crippen LogP contribution in [0.1, 0.15) is 254 Å². The van der Waals surface area contributed by atoms with Crippen molar-refractivity contribution in [1.82, 2.24) is 0 Å². The van der Waals surface area contributed by atoms with Gasteiger partial charge in [0.2, 0.25) is 0 Å². The van der Waals surface area contributed by atoms with Gasteiger partial charge in [-0.05, 0) is 127 Å². The molecule has 0 saturated carbocycles. The average molecular weight is 1240 g/mol. The Hall–Kier alpha value is -8.16. The molecule has 0 heterocycles. The molecule has 8 aromatic carbocycles. The lowest BCUT2D eigenvalue weighted by molar-refractivity contribution is 0.103. The topological polar surface area (TPSA) is 96.0 Å². The van der Waals surface area contributed by atoms with E-state index in [0.29, 0.717) is 16.7 Å². The minimum Gasteiger partial charge on any atom is -0.494 e. The van der Waals surface area contributed by atoms with E-state index >= 15 is 0 Å². The van der Waals surface area contributed by atoms with Crippen LogP contribution in [0.25, 0.3) is 0 Å². The summed E-state index contributed by atoms with van der Waals surface area (Å²) in [6, 6.07) is 60.8. The summed E-state index contributed by atoms with van der Waals surface area (Å²) in [7, 11) is 0. The Morgan fingerprint density at radius 3 is 0.522 bits per heavy atom. The Balaban J connectivity index is 0.000000226. The third-order valence-electron chi connectivity index (χ3n) is 16.2. The maximum absolute atomic E-state index is 12.5. The van der Waals surface area contributed by atoms with E-state index < -0.39 is 0 Å². The van der Waals surface area contributed by atoms with Gasteiger partial charge in [0, 0.05) is 44.5 Å². The Labute approximate surface area is 553 Å². The monoisotopic (exact) mass is 1240 g/mol. The highest BCUT2D eigenvalue weighted by Gasteiger charge is 2.13. The first-order chi connectivity index (χ1) is 44.8. The zero-order valence-electron chi connectivity index (χ0n) is 57.0. The molecule has 0 unspecified atom stereocenters. The van der Waals surface area contributed by atoms with Crippen molar-refractivity contribution in [3.05, 3.63) is 266 Å². The van der Waals surface area contributed by atoms with E-state index in [1.54, 1.807) is 0 Å². The van der Waals surface area contributed by atoms with E-state index in [1.165, 1.54) is 133 Å². The number of ketones is 4. The van der Waals surface area contributed by atoms with Crippen LogP contribution in [0.3, 0.4) is 0 Å². The molecule has 0 aliphatic carbocycles. The van der Waals surface area contributed by atoms with Gasteiger partial charge >= 0.3 is 0 Å². The third-order valence-corrected chi connectivity index (χ3v) is 16.2. The molecule has 92 heavy (non-hydrogen) atoms. The Bertz CT molecular complexity index is 3240. The molecule has 0 N–H and O–H groups in total. The summed E-state index contributed by atoms with van der Waals surface area (Å²) < 4.78 is 17.3. The number of ether oxygens (including phenoxy) is 3. The first-order valence-corrected chi connectivity index (χ1v) is 34.5. The van der Waals surface area contributed by atoms with Gasteiger partial charge < -0.3 is 14.2 Å². The molecule has 0 radical (unpaired) electrons. The molecule has 0 aromatic heterocycles. The molecule has 0 bridgehead atoms. The first-order valence-electron chi connectivity index (χ1n) is 34.5. The van der Waals surface area contributed by atoms with E-state index in [0.717, 1.165) is 101 Å². The van der Waals surface area contributed by atoms with Crippen LogP contribution in [0.4, 0.5) is 0 Å². The molecule has 0 aliphatic rings. The summed E-state index contributed by atoms with van der Waals surface area (Å²) in [4.78, 5) is 49.4. The molecule has 0 saturated heterocycles. The Kier molecular flexibility index (Phi) is 36.0.